The van der Waals surface area contributed by atoms with Crippen LogP contribution in [-0.4, -0.2) is 36.9 Å². The summed E-state index contributed by atoms with van der Waals surface area (Å²) in [7, 11) is 3.26. The molecule has 0 bridgehead atoms. The van der Waals surface area contributed by atoms with Crippen LogP contribution in [0, 0.1) is 0 Å². The Kier molecular flexibility index (Phi) is 7.05. The highest BCUT2D eigenvalue weighted by molar-refractivity contribution is 7.99. The van der Waals surface area contributed by atoms with Gasteiger partial charge in [-0.1, -0.05) is 13.0 Å². The largest absolute Gasteiger partial charge is 0.497 e. The first-order valence-electron chi connectivity index (χ1n) is 6.32. The first kappa shape index (κ1) is 16.1. The maximum absolute atomic E-state index is 8.88. The molecule has 1 rings (SSSR count). The van der Waals surface area contributed by atoms with Gasteiger partial charge in [-0.25, -0.2) is 0 Å². The lowest BCUT2D eigenvalue weighted by Crippen LogP contribution is -2.16. The molecule has 0 amide bonds. The number of nitrogens with two attached hydrogens (primary N) is 1. The predicted molar refractivity (Wildman–Crippen MR) is 80.1 cm³/mol. The maximum atomic E-state index is 8.88. The van der Waals surface area contributed by atoms with E-state index in [4.69, 9.17) is 20.3 Å². The number of methoxy groups -OCH3 is 2. The van der Waals surface area contributed by atoms with Crippen molar-refractivity contribution in [2.75, 3.05) is 26.6 Å². The van der Waals surface area contributed by atoms with Crippen LogP contribution in [-0.2, 0) is 0 Å². The Labute approximate surface area is 119 Å². The Morgan fingerprint density at radius 3 is 2.63 bits per heavy atom. The molecular formula is C14H23NO3S. The normalized spacial score (nSPS) is 13.9. The van der Waals surface area contributed by atoms with Crippen LogP contribution in [0.1, 0.15) is 24.9 Å². The highest BCUT2D eigenvalue weighted by atomic mass is 32.2. The summed E-state index contributed by atoms with van der Waals surface area (Å²) in [5, 5.41) is 9.28. The summed E-state index contributed by atoms with van der Waals surface area (Å²) in [5.41, 5.74) is 7.18. The van der Waals surface area contributed by atoms with Crippen molar-refractivity contribution in [3.63, 3.8) is 0 Å². The smallest absolute Gasteiger partial charge is 0.127 e. The molecule has 1 aromatic carbocycles. The zero-order chi connectivity index (χ0) is 14.3. The minimum absolute atomic E-state index is 0.0907. The molecule has 0 saturated heterocycles. The zero-order valence-corrected chi connectivity index (χ0v) is 12.6. The third kappa shape index (κ3) is 4.93. The van der Waals surface area contributed by atoms with E-state index >= 15 is 0 Å². The fourth-order valence-electron chi connectivity index (χ4n) is 1.75. The number of aliphatic hydroxyl groups excluding tert-OH is 1. The lowest BCUT2D eigenvalue weighted by atomic mass is 10.1. The number of aliphatic hydroxyl groups is 1. The van der Waals surface area contributed by atoms with Gasteiger partial charge in [-0.2, -0.15) is 11.8 Å². The van der Waals surface area contributed by atoms with Crippen molar-refractivity contribution in [1.82, 2.24) is 0 Å². The lowest BCUT2D eigenvalue weighted by molar-refractivity contribution is 0.289. The molecule has 3 N–H and O–H groups in total. The molecule has 4 nitrogen and oxygen atoms in total. The van der Waals surface area contributed by atoms with Crippen LogP contribution in [0.5, 0.6) is 11.5 Å². The summed E-state index contributed by atoms with van der Waals surface area (Å²) < 4.78 is 10.5. The van der Waals surface area contributed by atoms with Gasteiger partial charge >= 0.3 is 0 Å². The Morgan fingerprint density at radius 1 is 1.32 bits per heavy atom. The summed E-state index contributed by atoms with van der Waals surface area (Å²) in [6.07, 6.45) is 0.789. The van der Waals surface area contributed by atoms with Gasteiger partial charge in [-0.05, 0) is 12.5 Å². The van der Waals surface area contributed by atoms with Crippen molar-refractivity contribution >= 4 is 11.8 Å². The molecule has 0 aliphatic rings. The minimum atomic E-state index is -0.0907. The summed E-state index contributed by atoms with van der Waals surface area (Å²) in [5.74, 6) is 2.31. The maximum Gasteiger partial charge on any atom is 0.127 e. The van der Waals surface area contributed by atoms with Gasteiger partial charge in [0.05, 0.1) is 14.2 Å². The van der Waals surface area contributed by atoms with Crippen molar-refractivity contribution in [3.05, 3.63) is 23.8 Å². The van der Waals surface area contributed by atoms with Crippen molar-refractivity contribution in [2.24, 2.45) is 5.73 Å². The summed E-state index contributed by atoms with van der Waals surface area (Å²) in [6, 6.07) is 5.59. The summed E-state index contributed by atoms with van der Waals surface area (Å²) >= 11 is 1.76. The van der Waals surface area contributed by atoms with E-state index in [-0.39, 0.29) is 12.6 Å². The number of thioether (sulfide) groups is 1. The quantitative estimate of drug-likeness (QED) is 0.766. The molecule has 0 aromatic heterocycles. The number of benzene rings is 1. The molecule has 108 valence electrons. The van der Waals surface area contributed by atoms with E-state index in [2.05, 4.69) is 6.92 Å². The fourth-order valence-corrected chi connectivity index (χ4v) is 2.74. The molecule has 2 unspecified atom stereocenters. The molecular weight excluding hydrogens is 262 g/mol. The molecule has 0 fully saturated rings. The molecule has 5 heteroatoms. The fraction of sp³-hybridized carbons (Fsp3) is 0.571. The van der Waals surface area contributed by atoms with Crippen LogP contribution in [0.4, 0.5) is 0 Å². The van der Waals surface area contributed by atoms with Crippen LogP contribution in [0.15, 0.2) is 18.2 Å². The van der Waals surface area contributed by atoms with Crippen molar-refractivity contribution in [3.8, 4) is 11.5 Å². The second-order valence-electron chi connectivity index (χ2n) is 4.37. The van der Waals surface area contributed by atoms with Gasteiger partial charge in [-0.15, -0.1) is 0 Å². The predicted octanol–water partition coefficient (Wildman–Crippen LogP) is 2.21. The highest BCUT2D eigenvalue weighted by Crippen LogP contribution is 2.30. The number of hydrogen-bond donors (Lipinski definition) is 2. The average molecular weight is 285 g/mol. The van der Waals surface area contributed by atoms with Gasteiger partial charge in [0, 0.05) is 35.3 Å². The van der Waals surface area contributed by atoms with Crippen LogP contribution in [0.2, 0.25) is 0 Å². The first-order valence-corrected chi connectivity index (χ1v) is 7.37. The van der Waals surface area contributed by atoms with Gasteiger partial charge in [0.15, 0.2) is 0 Å². The van der Waals surface area contributed by atoms with Crippen LogP contribution < -0.4 is 15.2 Å². The van der Waals surface area contributed by atoms with Gasteiger partial charge in [0.2, 0.25) is 0 Å². The molecule has 0 aliphatic heterocycles. The average Bonchev–Trinajstić information content (AvgIpc) is 2.44. The van der Waals surface area contributed by atoms with E-state index in [1.54, 1.807) is 26.0 Å². The third-order valence-corrected chi connectivity index (χ3v) is 4.29. The molecule has 0 spiro atoms. The van der Waals surface area contributed by atoms with Gasteiger partial charge < -0.3 is 20.3 Å². The van der Waals surface area contributed by atoms with E-state index in [0.29, 0.717) is 5.25 Å². The molecule has 1 aromatic rings. The second-order valence-corrected chi connectivity index (χ2v) is 5.84. The van der Waals surface area contributed by atoms with Crippen molar-refractivity contribution in [1.29, 1.82) is 0 Å². The van der Waals surface area contributed by atoms with Gasteiger partial charge in [-0.3, -0.25) is 0 Å². The van der Waals surface area contributed by atoms with E-state index in [0.717, 1.165) is 29.2 Å². The Bertz CT molecular complexity index is 387. The van der Waals surface area contributed by atoms with Crippen molar-refractivity contribution in [2.45, 2.75) is 24.6 Å². The van der Waals surface area contributed by atoms with Gasteiger partial charge in [0.1, 0.15) is 11.5 Å². The molecule has 0 heterocycles. The molecule has 2 atom stereocenters. The van der Waals surface area contributed by atoms with Crippen LogP contribution >= 0.6 is 11.8 Å². The molecule has 0 saturated carbocycles. The topological polar surface area (TPSA) is 64.7 Å². The standard InChI is InChI=1S/C14H23NO3S/c1-10(6-7-16)19-9-13(15)12-5-4-11(17-2)8-14(12)18-3/h4-5,8,10,13,16H,6-7,9,15H2,1-3H3. The summed E-state index contributed by atoms with van der Waals surface area (Å²) in [4.78, 5) is 0. The molecule has 0 aliphatic carbocycles. The van der Waals surface area contributed by atoms with Crippen LogP contribution in [0.3, 0.4) is 0 Å². The van der Waals surface area contributed by atoms with Gasteiger partial charge in [0.25, 0.3) is 0 Å². The Hall–Kier alpha value is -0.910. The monoisotopic (exact) mass is 285 g/mol. The first-order chi connectivity index (χ1) is 9.12. The number of ether oxygens (including phenoxy) is 2. The summed E-state index contributed by atoms with van der Waals surface area (Å²) in [6.45, 7) is 2.31. The zero-order valence-electron chi connectivity index (χ0n) is 11.8. The molecule has 19 heavy (non-hydrogen) atoms. The number of rotatable bonds is 8. The number of hydrogen-bond acceptors (Lipinski definition) is 5. The van der Waals surface area contributed by atoms with Crippen molar-refractivity contribution < 1.29 is 14.6 Å². The lowest BCUT2D eigenvalue weighted by Gasteiger charge is -2.18. The Morgan fingerprint density at radius 2 is 2.05 bits per heavy atom. The van der Waals surface area contributed by atoms with E-state index < -0.39 is 0 Å². The van der Waals surface area contributed by atoms with E-state index in [9.17, 15) is 0 Å². The third-order valence-electron chi connectivity index (χ3n) is 2.94. The SMILES string of the molecule is COc1ccc(C(N)CSC(C)CCO)c(OC)c1. The highest BCUT2D eigenvalue weighted by Gasteiger charge is 2.14. The molecule has 0 radical (unpaired) electrons. The van der Waals surface area contributed by atoms with Crippen LogP contribution in [0.25, 0.3) is 0 Å². The van der Waals surface area contributed by atoms with E-state index in [1.165, 1.54) is 0 Å². The second kappa shape index (κ2) is 8.30. The van der Waals surface area contributed by atoms with E-state index in [1.807, 2.05) is 18.2 Å². The Balaban J connectivity index is 2.68. The minimum Gasteiger partial charge on any atom is -0.497 e.